The lowest BCUT2D eigenvalue weighted by Crippen LogP contribution is -2.73. The van der Waals surface area contributed by atoms with E-state index in [0.29, 0.717) is 25.3 Å². The van der Waals surface area contributed by atoms with E-state index in [1.165, 1.54) is 32.1 Å². The molecule has 2 heterocycles. The van der Waals surface area contributed by atoms with Gasteiger partial charge in [-0.15, -0.1) is 12.4 Å². The molecule has 2 amide bonds. The number of carboxylic acid groups (broad SMARTS) is 1. The standard InChI is InChI=1S/C29H41N3O4.ClH/c1-2-3-17-32-27(35)25(20-23-7-5-4-6-8-23)30-28(36)29(32)15-18-31(19-16-29)21-24-11-9-22(10-12-24)13-14-26(33)34;/h9-14,23,25H,2-8,15-21H2,1H3,(H,30,36)(H,33,34);1H/b14-13+;/t25-;/m0./s1. The number of piperazine rings is 1. The summed E-state index contributed by atoms with van der Waals surface area (Å²) in [6.07, 6.45) is 12.8. The Balaban J connectivity index is 0.00000380. The number of carbonyl (C=O) groups excluding carboxylic acids is 2. The van der Waals surface area contributed by atoms with Crippen molar-refractivity contribution in [2.24, 2.45) is 5.92 Å². The van der Waals surface area contributed by atoms with Crippen LogP contribution in [0.3, 0.4) is 0 Å². The Bertz CT molecular complexity index is 950. The van der Waals surface area contributed by atoms with Gasteiger partial charge in [-0.05, 0) is 48.8 Å². The van der Waals surface area contributed by atoms with Crippen molar-refractivity contribution in [2.45, 2.75) is 89.3 Å². The third-order valence-electron chi connectivity index (χ3n) is 8.33. The SMILES string of the molecule is CCCCN1C(=O)[C@H](CC2CCCCC2)NC(=O)C12CCN(Cc1ccc(/C=C/C(=O)O)cc1)CC2.Cl. The van der Waals surface area contributed by atoms with Crippen LogP contribution in [0.1, 0.15) is 82.3 Å². The molecular formula is C29H42ClN3O4. The Labute approximate surface area is 227 Å². The van der Waals surface area contributed by atoms with E-state index < -0.39 is 11.5 Å². The highest BCUT2D eigenvalue weighted by Crippen LogP contribution is 2.36. The Kier molecular flexibility index (Phi) is 10.6. The number of aliphatic carboxylic acids is 1. The second kappa shape index (κ2) is 13.4. The van der Waals surface area contributed by atoms with E-state index in [9.17, 15) is 14.4 Å². The third-order valence-corrected chi connectivity index (χ3v) is 8.33. The summed E-state index contributed by atoms with van der Waals surface area (Å²) < 4.78 is 0. The topological polar surface area (TPSA) is 90.0 Å². The zero-order chi connectivity index (χ0) is 25.5. The van der Waals surface area contributed by atoms with Gasteiger partial charge in [-0.3, -0.25) is 14.5 Å². The number of benzene rings is 1. The van der Waals surface area contributed by atoms with Crippen LogP contribution >= 0.6 is 12.4 Å². The molecule has 1 aliphatic carbocycles. The van der Waals surface area contributed by atoms with Crippen molar-refractivity contribution < 1.29 is 19.5 Å². The molecule has 1 spiro atoms. The lowest BCUT2D eigenvalue weighted by atomic mass is 9.79. The average Bonchev–Trinajstić information content (AvgIpc) is 2.88. The molecule has 4 rings (SSSR count). The zero-order valence-corrected chi connectivity index (χ0v) is 22.8. The highest BCUT2D eigenvalue weighted by Gasteiger charge is 2.53. The molecule has 204 valence electrons. The van der Waals surface area contributed by atoms with Crippen molar-refractivity contribution in [1.82, 2.24) is 15.1 Å². The van der Waals surface area contributed by atoms with E-state index in [1.807, 2.05) is 29.2 Å². The number of likely N-dealkylation sites (tertiary alicyclic amines) is 1. The van der Waals surface area contributed by atoms with E-state index >= 15 is 0 Å². The van der Waals surface area contributed by atoms with Crippen LogP contribution in [-0.2, 0) is 20.9 Å². The molecule has 3 aliphatic rings. The minimum Gasteiger partial charge on any atom is -0.478 e. The summed E-state index contributed by atoms with van der Waals surface area (Å²) in [5.74, 6) is -0.233. The first-order valence-corrected chi connectivity index (χ1v) is 13.8. The Morgan fingerprint density at radius 3 is 2.41 bits per heavy atom. The number of unbranched alkanes of at least 4 members (excludes halogenated alkanes) is 1. The largest absolute Gasteiger partial charge is 0.478 e. The fraction of sp³-hybridized carbons (Fsp3) is 0.621. The first-order chi connectivity index (χ1) is 17.4. The number of piperidine rings is 1. The molecule has 1 aromatic carbocycles. The quantitative estimate of drug-likeness (QED) is 0.453. The van der Waals surface area contributed by atoms with Crippen LogP contribution in [0.2, 0.25) is 0 Å². The first kappa shape index (κ1) is 29.2. The average molecular weight is 532 g/mol. The van der Waals surface area contributed by atoms with E-state index in [2.05, 4.69) is 17.1 Å². The van der Waals surface area contributed by atoms with Crippen molar-refractivity contribution in [2.75, 3.05) is 19.6 Å². The number of carbonyl (C=O) groups is 3. The van der Waals surface area contributed by atoms with Crippen molar-refractivity contribution in [1.29, 1.82) is 0 Å². The smallest absolute Gasteiger partial charge is 0.328 e. The fourth-order valence-electron chi connectivity index (χ4n) is 6.17. The molecule has 2 aliphatic heterocycles. The van der Waals surface area contributed by atoms with Crippen LogP contribution in [0, 0.1) is 5.92 Å². The van der Waals surface area contributed by atoms with Crippen molar-refractivity contribution in [3.8, 4) is 0 Å². The molecule has 8 heteroatoms. The van der Waals surface area contributed by atoms with E-state index in [0.717, 1.165) is 56.1 Å². The normalized spacial score (nSPS) is 22.7. The molecular weight excluding hydrogens is 490 g/mol. The summed E-state index contributed by atoms with van der Waals surface area (Å²) in [6.45, 7) is 5.09. The summed E-state index contributed by atoms with van der Waals surface area (Å²) in [5, 5.41) is 12.0. The van der Waals surface area contributed by atoms with Crippen LogP contribution < -0.4 is 5.32 Å². The van der Waals surface area contributed by atoms with Gasteiger partial charge in [-0.2, -0.15) is 0 Å². The maximum Gasteiger partial charge on any atom is 0.328 e. The van der Waals surface area contributed by atoms with Crippen LogP contribution in [0.15, 0.2) is 30.3 Å². The molecule has 3 fully saturated rings. The molecule has 2 N–H and O–H groups in total. The predicted molar refractivity (Wildman–Crippen MR) is 147 cm³/mol. The van der Waals surface area contributed by atoms with Gasteiger partial charge < -0.3 is 15.3 Å². The Hall–Kier alpha value is -2.38. The summed E-state index contributed by atoms with van der Waals surface area (Å²) in [5.41, 5.74) is 1.28. The van der Waals surface area contributed by atoms with Gasteiger partial charge in [0.25, 0.3) is 0 Å². The third kappa shape index (κ3) is 7.14. The number of hydrogen-bond acceptors (Lipinski definition) is 4. The lowest BCUT2D eigenvalue weighted by Gasteiger charge is -2.52. The number of carboxylic acids is 1. The molecule has 37 heavy (non-hydrogen) atoms. The minimum absolute atomic E-state index is 0. The number of amides is 2. The molecule has 2 saturated heterocycles. The number of nitrogens with zero attached hydrogens (tertiary/aromatic N) is 2. The molecule has 0 aromatic heterocycles. The van der Waals surface area contributed by atoms with E-state index in [4.69, 9.17) is 5.11 Å². The Morgan fingerprint density at radius 2 is 1.78 bits per heavy atom. The van der Waals surface area contributed by atoms with Crippen molar-refractivity contribution >= 4 is 36.3 Å². The van der Waals surface area contributed by atoms with Crippen LogP contribution in [0.25, 0.3) is 6.08 Å². The van der Waals surface area contributed by atoms with Gasteiger partial charge in [-0.25, -0.2) is 4.79 Å². The first-order valence-electron chi connectivity index (χ1n) is 13.8. The molecule has 0 radical (unpaired) electrons. The van der Waals surface area contributed by atoms with Crippen molar-refractivity contribution in [3.63, 3.8) is 0 Å². The fourth-order valence-corrected chi connectivity index (χ4v) is 6.17. The van der Waals surface area contributed by atoms with Crippen LogP contribution in [0.4, 0.5) is 0 Å². The summed E-state index contributed by atoms with van der Waals surface area (Å²) in [4.78, 5) is 42.3. The molecule has 1 saturated carbocycles. The van der Waals surface area contributed by atoms with E-state index in [-0.39, 0.29) is 30.3 Å². The van der Waals surface area contributed by atoms with Gasteiger partial charge in [0, 0.05) is 32.3 Å². The highest BCUT2D eigenvalue weighted by atomic mass is 35.5. The van der Waals surface area contributed by atoms with Crippen LogP contribution in [-0.4, -0.2) is 63.9 Å². The number of nitrogens with one attached hydrogen (secondary N) is 1. The molecule has 1 aromatic rings. The highest BCUT2D eigenvalue weighted by molar-refractivity contribution is 6.00. The Morgan fingerprint density at radius 1 is 1.11 bits per heavy atom. The van der Waals surface area contributed by atoms with Gasteiger partial charge in [0.2, 0.25) is 11.8 Å². The maximum atomic E-state index is 13.7. The van der Waals surface area contributed by atoms with Crippen molar-refractivity contribution in [3.05, 3.63) is 41.5 Å². The monoisotopic (exact) mass is 531 g/mol. The van der Waals surface area contributed by atoms with Gasteiger partial charge >= 0.3 is 5.97 Å². The zero-order valence-electron chi connectivity index (χ0n) is 22.0. The summed E-state index contributed by atoms with van der Waals surface area (Å²) >= 11 is 0. The van der Waals surface area contributed by atoms with Gasteiger partial charge in [0.1, 0.15) is 11.6 Å². The molecule has 0 unspecified atom stereocenters. The van der Waals surface area contributed by atoms with Gasteiger partial charge in [0.15, 0.2) is 0 Å². The summed E-state index contributed by atoms with van der Waals surface area (Å²) in [6, 6.07) is 7.52. The number of hydrogen-bond donors (Lipinski definition) is 2. The van der Waals surface area contributed by atoms with Crippen LogP contribution in [0.5, 0.6) is 0 Å². The second-order valence-electron chi connectivity index (χ2n) is 10.8. The molecule has 1 atom stereocenters. The maximum absolute atomic E-state index is 13.7. The predicted octanol–water partition coefficient (Wildman–Crippen LogP) is 4.64. The summed E-state index contributed by atoms with van der Waals surface area (Å²) in [7, 11) is 0. The molecule has 0 bridgehead atoms. The second-order valence-corrected chi connectivity index (χ2v) is 10.8. The number of halogens is 1. The minimum atomic E-state index is -0.958. The number of rotatable bonds is 9. The van der Waals surface area contributed by atoms with Gasteiger partial charge in [-0.1, -0.05) is 69.7 Å². The molecule has 7 nitrogen and oxygen atoms in total. The lowest BCUT2D eigenvalue weighted by molar-refractivity contribution is -0.162. The van der Waals surface area contributed by atoms with E-state index in [1.54, 1.807) is 6.08 Å². The van der Waals surface area contributed by atoms with Gasteiger partial charge in [0.05, 0.1) is 0 Å².